The Bertz CT molecular complexity index is 1040. The first kappa shape index (κ1) is 23.5. The second-order valence-corrected chi connectivity index (χ2v) is 8.55. The molecule has 0 aliphatic rings. The van der Waals surface area contributed by atoms with Crippen LogP contribution in [0, 0.1) is 12.7 Å². The molecule has 162 valence electrons. The molecule has 0 heterocycles. The molecule has 0 radical (unpaired) electrons. The van der Waals surface area contributed by atoms with Gasteiger partial charge >= 0.3 is 5.97 Å². The third-order valence-corrected chi connectivity index (χ3v) is 6.56. The quantitative estimate of drug-likeness (QED) is 0.641. The highest BCUT2D eigenvalue weighted by atomic mass is 32.2. The molecule has 0 aliphatic carbocycles. The van der Waals surface area contributed by atoms with E-state index in [9.17, 15) is 22.4 Å². The van der Waals surface area contributed by atoms with Gasteiger partial charge in [0.15, 0.2) is 6.10 Å². The summed E-state index contributed by atoms with van der Waals surface area (Å²) in [5.41, 5.74) is 0.788. The highest BCUT2D eigenvalue weighted by Crippen LogP contribution is 2.21. The first-order valence-corrected chi connectivity index (χ1v) is 10.9. The normalized spacial score (nSPS) is 12.5. The Morgan fingerprint density at radius 2 is 1.80 bits per heavy atom. The number of carbonyl (C=O) groups is 2. The van der Waals surface area contributed by atoms with Crippen molar-refractivity contribution in [2.75, 3.05) is 18.4 Å². The van der Waals surface area contributed by atoms with Crippen LogP contribution in [0.15, 0.2) is 47.4 Å². The minimum Gasteiger partial charge on any atom is -0.449 e. The van der Waals surface area contributed by atoms with Crippen LogP contribution in [0.3, 0.4) is 0 Å². The molecule has 0 saturated carbocycles. The van der Waals surface area contributed by atoms with Crippen molar-refractivity contribution in [3.05, 3.63) is 59.4 Å². The number of nitrogens with one attached hydrogen (secondary N) is 1. The summed E-state index contributed by atoms with van der Waals surface area (Å²) in [7, 11) is -3.75. The summed E-state index contributed by atoms with van der Waals surface area (Å²) in [6.45, 7) is 7.06. The van der Waals surface area contributed by atoms with Crippen LogP contribution in [0.2, 0.25) is 0 Å². The zero-order chi connectivity index (χ0) is 22.5. The van der Waals surface area contributed by atoms with Crippen LogP contribution in [-0.4, -0.2) is 43.8 Å². The first-order valence-electron chi connectivity index (χ1n) is 9.48. The molecule has 0 bridgehead atoms. The van der Waals surface area contributed by atoms with Crippen LogP contribution < -0.4 is 5.32 Å². The molecule has 0 saturated heterocycles. The van der Waals surface area contributed by atoms with Gasteiger partial charge in [0.2, 0.25) is 10.0 Å². The fourth-order valence-electron chi connectivity index (χ4n) is 2.78. The van der Waals surface area contributed by atoms with Crippen LogP contribution in [0.4, 0.5) is 10.1 Å². The minimum absolute atomic E-state index is 0.0272. The van der Waals surface area contributed by atoms with Gasteiger partial charge in [-0.2, -0.15) is 4.31 Å². The van der Waals surface area contributed by atoms with Crippen molar-refractivity contribution >= 4 is 27.6 Å². The second-order valence-electron chi connectivity index (χ2n) is 6.61. The van der Waals surface area contributed by atoms with Crippen molar-refractivity contribution in [2.24, 2.45) is 0 Å². The molecular formula is C21H25FN2O5S. The number of nitrogens with zero attached hydrogens (tertiary/aromatic N) is 1. The first-order chi connectivity index (χ1) is 14.1. The molecule has 1 atom stereocenters. The molecule has 1 unspecified atom stereocenters. The van der Waals surface area contributed by atoms with Crippen LogP contribution in [0.25, 0.3) is 0 Å². The number of sulfonamides is 1. The average Bonchev–Trinajstić information content (AvgIpc) is 2.68. The summed E-state index contributed by atoms with van der Waals surface area (Å²) in [6, 6.07) is 9.51. The van der Waals surface area contributed by atoms with E-state index in [-0.39, 0.29) is 16.1 Å². The minimum atomic E-state index is -3.75. The SMILES string of the molecule is CCN(CC)S(=O)(=O)c1ccc(C)c(C(=O)OC(C)C(=O)Nc2cccc(F)c2)c1. The molecule has 0 aliphatic heterocycles. The van der Waals surface area contributed by atoms with Crippen molar-refractivity contribution in [1.29, 1.82) is 0 Å². The molecule has 2 rings (SSSR count). The van der Waals surface area contributed by atoms with Crippen molar-refractivity contribution in [2.45, 2.75) is 38.7 Å². The van der Waals surface area contributed by atoms with Gasteiger partial charge in [-0.25, -0.2) is 17.6 Å². The van der Waals surface area contributed by atoms with E-state index in [4.69, 9.17) is 4.74 Å². The maximum Gasteiger partial charge on any atom is 0.339 e. The van der Waals surface area contributed by atoms with Gasteiger partial charge < -0.3 is 10.1 Å². The third kappa shape index (κ3) is 5.43. The Labute approximate surface area is 175 Å². The Hall–Kier alpha value is -2.78. The monoisotopic (exact) mass is 436 g/mol. The molecule has 2 aromatic carbocycles. The molecule has 9 heteroatoms. The third-order valence-electron chi connectivity index (χ3n) is 4.52. The average molecular weight is 437 g/mol. The van der Waals surface area contributed by atoms with Crippen LogP contribution in [0.5, 0.6) is 0 Å². The molecule has 2 aromatic rings. The zero-order valence-corrected chi connectivity index (χ0v) is 18.1. The van der Waals surface area contributed by atoms with E-state index in [1.807, 2.05) is 0 Å². The highest BCUT2D eigenvalue weighted by Gasteiger charge is 2.25. The molecule has 1 amide bonds. The lowest BCUT2D eigenvalue weighted by molar-refractivity contribution is -0.123. The molecule has 30 heavy (non-hydrogen) atoms. The lowest BCUT2D eigenvalue weighted by Crippen LogP contribution is -2.31. The lowest BCUT2D eigenvalue weighted by Gasteiger charge is -2.19. The van der Waals surface area contributed by atoms with E-state index in [0.29, 0.717) is 18.7 Å². The lowest BCUT2D eigenvalue weighted by atomic mass is 10.1. The standard InChI is InChI=1S/C21H25FN2O5S/c1-5-24(6-2)30(27,28)18-11-10-14(3)19(13-18)21(26)29-15(4)20(25)23-17-9-7-8-16(22)12-17/h7-13,15H,5-6H2,1-4H3,(H,23,25). The van der Waals surface area contributed by atoms with E-state index in [0.717, 1.165) is 6.07 Å². The number of esters is 1. The molecule has 0 fully saturated rings. The zero-order valence-electron chi connectivity index (χ0n) is 17.3. The summed E-state index contributed by atoms with van der Waals surface area (Å²) in [6.07, 6.45) is -1.18. The Balaban J connectivity index is 2.19. The maximum atomic E-state index is 13.2. The van der Waals surface area contributed by atoms with Crippen LogP contribution >= 0.6 is 0 Å². The number of amides is 1. The number of benzene rings is 2. The van der Waals surface area contributed by atoms with Gasteiger partial charge in [-0.1, -0.05) is 26.0 Å². The largest absolute Gasteiger partial charge is 0.449 e. The van der Waals surface area contributed by atoms with Gasteiger partial charge in [0.25, 0.3) is 5.91 Å². The Kier molecular flexibility index (Phi) is 7.69. The van der Waals surface area contributed by atoms with Crippen LogP contribution in [0.1, 0.15) is 36.7 Å². The summed E-state index contributed by atoms with van der Waals surface area (Å²) < 4.78 is 45.2. The highest BCUT2D eigenvalue weighted by molar-refractivity contribution is 7.89. The number of anilines is 1. The summed E-state index contributed by atoms with van der Waals surface area (Å²) in [5.74, 6) is -1.98. The van der Waals surface area contributed by atoms with Crippen molar-refractivity contribution in [1.82, 2.24) is 4.31 Å². The van der Waals surface area contributed by atoms with E-state index in [1.165, 1.54) is 47.6 Å². The Morgan fingerprint density at radius 1 is 1.13 bits per heavy atom. The smallest absolute Gasteiger partial charge is 0.339 e. The van der Waals surface area contributed by atoms with Gasteiger partial charge in [-0.3, -0.25) is 4.79 Å². The van der Waals surface area contributed by atoms with E-state index >= 15 is 0 Å². The fraction of sp³-hybridized carbons (Fsp3) is 0.333. The molecule has 0 aromatic heterocycles. The molecule has 1 N–H and O–H groups in total. The van der Waals surface area contributed by atoms with Gasteiger partial charge in [-0.05, 0) is 49.7 Å². The number of hydrogen-bond donors (Lipinski definition) is 1. The van der Waals surface area contributed by atoms with E-state index in [1.54, 1.807) is 20.8 Å². The van der Waals surface area contributed by atoms with Crippen molar-refractivity contribution < 1.29 is 27.1 Å². The van der Waals surface area contributed by atoms with Gasteiger partial charge in [-0.15, -0.1) is 0 Å². The summed E-state index contributed by atoms with van der Waals surface area (Å²) in [5, 5.41) is 2.46. The number of halogens is 1. The van der Waals surface area contributed by atoms with Gasteiger partial charge in [0.05, 0.1) is 10.5 Å². The van der Waals surface area contributed by atoms with Crippen LogP contribution in [-0.2, 0) is 19.6 Å². The van der Waals surface area contributed by atoms with Crippen molar-refractivity contribution in [3.63, 3.8) is 0 Å². The maximum absolute atomic E-state index is 13.2. The van der Waals surface area contributed by atoms with E-state index < -0.39 is 33.8 Å². The number of rotatable bonds is 8. The predicted molar refractivity (Wildman–Crippen MR) is 111 cm³/mol. The van der Waals surface area contributed by atoms with Crippen molar-refractivity contribution in [3.8, 4) is 0 Å². The Morgan fingerprint density at radius 3 is 2.40 bits per heavy atom. The number of aryl methyl sites for hydroxylation is 1. The molecular weight excluding hydrogens is 411 g/mol. The molecule has 7 nitrogen and oxygen atoms in total. The molecule has 0 spiro atoms. The summed E-state index contributed by atoms with van der Waals surface area (Å²) >= 11 is 0. The summed E-state index contributed by atoms with van der Waals surface area (Å²) in [4.78, 5) is 24.8. The van der Waals surface area contributed by atoms with Gasteiger partial charge in [0, 0.05) is 18.8 Å². The second kappa shape index (κ2) is 9.82. The number of carbonyl (C=O) groups excluding carboxylic acids is 2. The van der Waals surface area contributed by atoms with Gasteiger partial charge in [0.1, 0.15) is 5.82 Å². The fourth-order valence-corrected chi connectivity index (χ4v) is 4.27. The number of hydrogen-bond acceptors (Lipinski definition) is 5. The van der Waals surface area contributed by atoms with E-state index in [2.05, 4.69) is 5.32 Å². The predicted octanol–water partition coefficient (Wildman–Crippen LogP) is 3.35. The number of ether oxygens (including phenoxy) is 1. The topological polar surface area (TPSA) is 92.8 Å².